The lowest BCUT2D eigenvalue weighted by molar-refractivity contribution is -0.139. The van der Waals surface area contributed by atoms with Gasteiger partial charge in [-0.1, -0.05) is 29.8 Å². The lowest BCUT2D eigenvalue weighted by Crippen LogP contribution is -2.34. The summed E-state index contributed by atoms with van der Waals surface area (Å²) in [5, 5.41) is 6.36. The predicted molar refractivity (Wildman–Crippen MR) is 122 cm³/mol. The molecule has 0 radical (unpaired) electrons. The van der Waals surface area contributed by atoms with Gasteiger partial charge in [-0.15, -0.1) is 11.3 Å². The van der Waals surface area contributed by atoms with Gasteiger partial charge in [0.15, 0.2) is 0 Å². The van der Waals surface area contributed by atoms with Crippen LogP contribution in [0.3, 0.4) is 0 Å². The third kappa shape index (κ3) is 5.20. The van der Waals surface area contributed by atoms with E-state index in [0.717, 1.165) is 10.7 Å². The second kappa shape index (κ2) is 10.8. The number of allylic oxidation sites excluding steroid dienone is 1. The summed E-state index contributed by atoms with van der Waals surface area (Å²) in [6, 6.07) is 7.09. The van der Waals surface area contributed by atoms with E-state index >= 15 is 0 Å². The first-order chi connectivity index (χ1) is 15.4. The van der Waals surface area contributed by atoms with Crippen molar-refractivity contribution in [3.8, 4) is 0 Å². The number of nitrogens with one attached hydrogen (secondary N) is 1. The fourth-order valence-electron chi connectivity index (χ4n) is 3.57. The molecule has 2 aromatic rings. The van der Waals surface area contributed by atoms with Crippen LogP contribution in [0, 0.1) is 6.92 Å². The average Bonchev–Trinajstić information content (AvgIpc) is 3.18. The number of rotatable bonds is 8. The molecule has 170 valence electrons. The SMILES string of the molecule is CCOC(=O)C1=C(COCc2nc(C)cs2)NC(C)=C(C(=O)OC)C1c1ccccc1Cl. The molecular weight excluding hydrogens is 452 g/mol. The molecule has 0 amide bonds. The average molecular weight is 477 g/mol. The minimum Gasteiger partial charge on any atom is -0.466 e. The van der Waals surface area contributed by atoms with Crippen LogP contribution in [0.4, 0.5) is 0 Å². The van der Waals surface area contributed by atoms with Crippen molar-refractivity contribution in [1.82, 2.24) is 10.3 Å². The van der Waals surface area contributed by atoms with Crippen molar-refractivity contribution in [2.24, 2.45) is 0 Å². The van der Waals surface area contributed by atoms with Crippen LogP contribution in [0.15, 0.2) is 52.2 Å². The van der Waals surface area contributed by atoms with Gasteiger partial charge in [-0.3, -0.25) is 0 Å². The van der Waals surface area contributed by atoms with Crippen LogP contribution in [0.2, 0.25) is 5.02 Å². The zero-order chi connectivity index (χ0) is 23.3. The Kier molecular flexibility index (Phi) is 8.06. The summed E-state index contributed by atoms with van der Waals surface area (Å²) in [6.07, 6.45) is 0. The number of aryl methyl sites for hydroxylation is 1. The van der Waals surface area contributed by atoms with Crippen LogP contribution in [0.1, 0.15) is 36.0 Å². The van der Waals surface area contributed by atoms with E-state index in [0.29, 0.717) is 34.2 Å². The van der Waals surface area contributed by atoms with Gasteiger partial charge in [-0.05, 0) is 32.4 Å². The molecule has 1 aromatic carbocycles. The fraction of sp³-hybridized carbons (Fsp3) is 0.348. The van der Waals surface area contributed by atoms with Crippen LogP contribution in [0.5, 0.6) is 0 Å². The summed E-state index contributed by atoms with van der Waals surface area (Å²) in [6.45, 7) is 5.97. The number of halogens is 1. The zero-order valence-corrected chi connectivity index (χ0v) is 19.9. The molecule has 9 heteroatoms. The molecule has 3 rings (SSSR count). The minimum absolute atomic E-state index is 0.0967. The van der Waals surface area contributed by atoms with Gasteiger partial charge in [0.2, 0.25) is 0 Å². The van der Waals surface area contributed by atoms with Crippen molar-refractivity contribution in [1.29, 1.82) is 0 Å². The molecule has 0 aliphatic carbocycles. The third-order valence-corrected chi connectivity index (χ3v) is 6.18. The molecule has 0 saturated heterocycles. The van der Waals surface area contributed by atoms with E-state index in [1.807, 2.05) is 12.3 Å². The van der Waals surface area contributed by atoms with Crippen LogP contribution in [-0.4, -0.2) is 37.2 Å². The topological polar surface area (TPSA) is 86.8 Å². The highest BCUT2D eigenvalue weighted by molar-refractivity contribution is 7.09. The van der Waals surface area contributed by atoms with Gasteiger partial charge in [-0.2, -0.15) is 0 Å². The Labute approximate surface area is 196 Å². The number of ether oxygens (including phenoxy) is 3. The van der Waals surface area contributed by atoms with Crippen molar-refractivity contribution >= 4 is 34.9 Å². The Bertz CT molecular complexity index is 1080. The highest BCUT2D eigenvalue weighted by atomic mass is 35.5. The van der Waals surface area contributed by atoms with Crippen molar-refractivity contribution in [3.05, 3.63) is 73.5 Å². The van der Waals surface area contributed by atoms with E-state index in [2.05, 4.69) is 10.3 Å². The smallest absolute Gasteiger partial charge is 0.336 e. The molecule has 1 atom stereocenters. The van der Waals surface area contributed by atoms with Crippen LogP contribution >= 0.6 is 22.9 Å². The number of hydrogen-bond donors (Lipinski definition) is 1. The zero-order valence-electron chi connectivity index (χ0n) is 18.4. The highest BCUT2D eigenvalue weighted by Crippen LogP contribution is 2.41. The van der Waals surface area contributed by atoms with E-state index < -0.39 is 17.9 Å². The van der Waals surface area contributed by atoms with E-state index in [9.17, 15) is 9.59 Å². The molecule has 1 unspecified atom stereocenters. The Morgan fingerprint density at radius 1 is 1.16 bits per heavy atom. The first-order valence-electron chi connectivity index (χ1n) is 10.1. The molecule has 1 aromatic heterocycles. The summed E-state index contributed by atoms with van der Waals surface area (Å²) in [5.74, 6) is -1.88. The Morgan fingerprint density at radius 3 is 2.53 bits per heavy atom. The van der Waals surface area contributed by atoms with Gasteiger partial charge in [0.1, 0.15) is 5.01 Å². The molecule has 1 N–H and O–H groups in total. The van der Waals surface area contributed by atoms with E-state index in [4.69, 9.17) is 25.8 Å². The number of benzene rings is 1. The molecule has 0 saturated carbocycles. The summed E-state index contributed by atoms with van der Waals surface area (Å²) >= 11 is 8.00. The summed E-state index contributed by atoms with van der Waals surface area (Å²) in [5.41, 5.74) is 3.15. The molecule has 1 aliphatic rings. The Hall–Kier alpha value is -2.68. The van der Waals surface area contributed by atoms with Crippen LogP contribution in [-0.2, 0) is 30.4 Å². The largest absolute Gasteiger partial charge is 0.466 e. The first-order valence-corrected chi connectivity index (χ1v) is 11.3. The van der Waals surface area contributed by atoms with Gasteiger partial charge in [-0.25, -0.2) is 14.6 Å². The van der Waals surface area contributed by atoms with E-state index in [1.165, 1.54) is 18.4 Å². The van der Waals surface area contributed by atoms with Crippen LogP contribution in [0.25, 0.3) is 0 Å². The summed E-state index contributed by atoms with van der Waals surface area (Å²) in [7, 11) is 1.30. The van der Waals surface area contributed by atoms with E-state index in [1.54, 1.807) is 38.1 Å². The predicted octanol–water partition coefficient (Wildman–Crippen LogP) is 4.27. The quantitative estimate of drug-likeness (QED) is 0.569. The molecule has 32 heavy (non-hydrogen) atoms. The molecule has 1 aliphatic heterocycles. The molecule has 0 spiro atoms. The number of thiazole rings is 1. The number of carbonyl (C=O) groups is 2. The van der Waals surface area contributed by atoms with Gasteiger partial charge in [0, 0.05) is 21.8 Å². The Morgan fingerprint density at radius 2 is 1.91 bits per heavy atom. The van der Waals surface area contributed by atoms with Crippen molar-refractivity contribution in [2.75, 3.05) is 20.3 Å². The second-order valence-electron chi connectivity index (χ2n) is 7.10. The lowest BCUT2D eigenvalue weighted by Gasteiger charge is -2.31. The van der Waals surface area contributed by atoms with Crippen molar-refractivity contribution < 1.29 is 23.8 Å². The molecular formula is C23H25ClN2O5S. The lowest BCUT2D eigenvalue weighted by atomic mass is 9.80. The molecule has 7 nitrogen and oxygen atoms in total. The van der Waals surface area contributed by atoms with Crippen molar-refractivity contribution in [3.63, 3.8) is 0 Å². The van der Waals surface area contributed by atoms with Gasteiger partial charge in [0.05, 0.1) is 49.7 Å². The standard InChI is InChI=1S/C23H25ClN2O5S/c1-5-31-23(28)21-17(10-30-11-18-25-13(2)12-32-18)26-14(3)19(22(27)29-4)20(21)15-8-6-7-9-16(15)24/h6-9,12,20,26H,5,10-11H2,1-4H3. The maximum atomic E-state index is 13.1. The van der Waals surface area contributed by atoms with Gasteiger partial charge >= 0.3 is 11.9 Å². The van der Waals surface area contributed by atoms with E-state index in [-0.39, 0.29) is 18.8 Å². The number of esters is 2. The summed E-state index contributed by atoms with van der Waals surface area (Å²) < 4.78 is 16.2. The number of methoxy groups -OCH3 is 1. The molecule has 2 heterocycles. The maximum Gasteiger partial charge on any atom is 0.336 e. The van der Waals surface area contributed by atoms with Gasteiger partial charge in [0.25, 0.3) is 0 Å². The third-order valence-electron chi connectivity index (χ3n) is 4.90. The second-order valence-corrected chi connectivity index (χ2v) is 8.45. The maximum absolute atomic E-state index is 13.1. The molecule has 0 bridgehead atoms. The monoisotopic (exact) mass is 476 g/mol. The first kappa shape index (κ1) is 24.0. The number of carbonyl (C=O) groups excluding carboxylic acids is 2. The number of hydrogen-bond acceptors (Lipinski definition) is 8. The minimum atomic E-state index is -0.767. The van der Waals surface area contributed by atoms with Crippen LogP contribution < -0.4 is 5.32 Å². The number of aromatic nitrogens is 1. The normalized spacial score (nSPS) is 16.1. The molecule has 0 fully saturated rings. The number of nitrogens with zero attached hydrogens (tertiary/aromatic N) is 1. The summed E-state index contributed by atoms with van der Waals surface area (Å²) in [4.78, 5) is 30.2. The number of dihydropyridines is 1. The van der Waals surface area contributed by atoms with Crippen molar-refractivity contribution in [2.45, 2.75) is 33.3 Å². The van der Waals surface area contributed by atoms with Gasteiger partial charge < -0.3 is 19.5 Å². The highest BCUT2D eigenvalue weighted by Gasteiger charge is 2.39. The Balaban J connectivity index is 2.05. The fourth-order valence-corrected chi connectivity index (χ4v) is 4.52.